The Morgan fingerprint density at radius 3 is 2.67 bits per heavy atom. The van der Waals surface area contributed by atoms with E-state index >= 15 is 0 Å². The van der Waals surface area contributed by atoms with Crippen molar-refractivity contribution in [1.29, 1.82) is 0 Å². The molecule has 1 nitrogen and oxygen atoms in total. The van der Waals surface area contributed by atoms with E-state index in [0.29, 0.717) is 17.9 Å². The zero-order valence-electron chi connectivity index (χ0n) is 13.5. The second-order valence-electron chi connectivity index (χ2n) is 7.18. The topological polar surface area (TPSA) is 12.0 Å². The van der Waals surface area contributed by atoms with Gasteiger partial charge in [0.15, 0.2) is 0 Å². The van der Waals surface area contributed by atoms with E-state index < -0.39 is 0 Å². The summed E-state index contributed by atoms with van der Waals surface area (Å²) in [4.78, 5) is 0. The second-order valence-corrected chi connectivity index (χ2v) is 7.18. The second kappa shape index (κ2) is 6.68. The van der Waals surface area contributed by atoms with Crippen LogP contribution in [0.2, 0.25) is 0 Å². The molecule has 0 aromatic heterocycles. The zero-order chi connectivity index (χ0) is 14.7. The summed E-state index contributed by atoms with van der Waals surface area (Å²) in [6, 6.07) is 0.631. The van der Waals surface area contributed by atoms with Crippen molar-refractivity contribution < 1.29 is 0 Å². The fourth-order valence-corrected chi connectivity index (χ4v) is 4.23. The van der Waals surface area contributed by atoms with Gasteiger partial charge in [0.1, 0.15) is 0 Å². The van der Waals surface area contributed by atoms with Crippen molar-refractivity contribution in [1.82, 2.24) is 5.32 Å². The highest BCUT2D eigenvalue weighted by Crippen LogP contribution is 2.39. The highest BCUT2D eigenvalue weighted by molar-refractivity contribution is 5.22. The summed E-state index contributed by atoms with van der Waals surface area (Å²) in [5.74, 6) is 3.00. The van der Waals surface area contributed by atoms with Crippen LogP contribution in [0, 0.1) is 23.7 Å². The fraction of sp³-hybridized carbons (Fsp3) is 0.600. The lowest BCUT2D eigenvalue weighted by Crippen LogP contribution is -2.44. The Balaban J connectivity index is 1.73. The number of rotatable bonds is 3. The Morgan fingerprint density at radius 2 is 1.90 bits per heavy atom. The van der Waals surface area contributed by atoms with E-state index in [9.17, 15) is 0 Å². The van der Waals surface area contributed by atoms with Crippen molar-refractivity contribution in [2.45, 2.75) is 52.0 Å². The molecule has 0 aromatic carbocycles. The molecule has 0 amide bonds. The molecule has 3 rings (SSSR count). The molecule has 0 radical (unpaired) electrons. The van der Waals surface area contributed by atoms with Gasteiger partial charge in [0.25, 0.3) is 0 Å². The summed E-state index contributed by atoms with van der Waals surface area (Å²) in [5.41, 5.74) is 1.35. The molecule has 3 aliphatic carbocycles. The molecule has 0 bridgehead atoms. The van der Waals surface area contributed by atoms with Crippen molar-refractivity contribution >= 4 is 0 Å². The van der Waals surface area contributed by atoms with Gasteiger partial charge >= 0.3 is 0 Å². The first-order valence-corrected chi connectivity index (χ1v) is 8.72. The maximum absolute atomic E-state index is 3.87. The third-order valence-electron chi connectivity index (χ3n) is 5.47. The van der Waals surface area contributed by atoms with Crippen molar-refractivity contribution in [3.05, 3.63) is 48.2 Å². The minimum absolute atomic E-state index is 0.631. The minimum Gasteiger partial charge on any atom is -0.382 e. The summed E-state index contributed by atoms with van der Waals surface area (Å²) in [5, 5.41) is 3.87. The summed E-state index contributed by atoms with van der Waals surface area (Å²) < 4.78 is 0. The molecule has 21 heavy (non-hydrogen) atoms. The van der Waals surface area contributed by atoms with Gasteiger partial charge < -0.3 is 5.32 Å². The quantitative estimate of drug-likeness (QED) is 0.769. The molecule has 114 valence electrons. The number of allylic oxidation sites excluding steroid dienone is 7. The Hall–Kier alpha value is -1.24. The van der Waals surface area contributed by atoms with Gasteiger partial charge in [-0.3, -0.25) is 0 Å². The van der Waals surface area contributed by atoms with E-state index in [1.807, 2.05) is 0 Å². The molecule has 0 aliphatic heterocycles. The first-order chi connectivity index (χ1) is 10.2. The van der Waals surface area contributed by atoms with Gasteiger partial charge in [-0.25, -0.2) is 0 Å². The van der Waals surface area contributed by atoms with Gasteiger partial charge in [-0.2, -0.15) is 0 Å². The van der Waals surface area contributed by atoms with Crippen LogP contribution in [0.25, 0.3) is 0 Å². The van der Waals surface area contributed by atoms with Crippen LogP contribution in [0.1, 0.15) is 46.0 Å². The van der Waals surface area contributed by atoms with Gasteiger partial charge in [-0.15, -0.1) is 0 Å². The van der Waals surface area contributed by atoms with Crippen LogP contribution >= 0.6 is 0 Å². The SMILES string of the molecule is CC1CCC(C2C=CC=CC2C)C(NC2=CCCC=C2)C1. The molecule has 0 spiro atoms. The molecular formula is C20H29N. The lowest BCUT2D eigenvalue weighted by Gasteiger charge is -2.42. The molecule has 0 saturated heterocycles. The van der Waals surface area contributed by atoms with Crippen LogP contribution in [0.3, 0.4) is 0 Å². The Kier molecular flexibility index (Phi) is 4.67. The van der Waals surface area contributed by atoms with E-state index in [1.54, 1.807) is 0 Å². The maximum Gasteiger partial charge on any atom is 0.0298 e. The molecule has 1 fully saturated rings. The largest absolute Gasteiger partial charge is 0.382 e. The average molecular weight is 283 g/mol. The van der Waals surface area contributed by atoms with E-state index in [-0.39, 0.29) is 0 Å². The maximum atomic E-state index is 3.87. The van der Waals surface area contributed by atoms with E-state index in [2.05, 4.69) is 61.7 Å². The van der Waals surface area contributed by atoms with Crippen molar-refractivity contribution in [3.8, 4) is 0 Å². The molecule has 1 N–H and O–H groups in total. The van der Waals surface area contributed by atoms with E-state index in [1.165, 1.54) is 37.8 Å². The predicted molar refractivity (Wildman–Crippen MR) is 90.8 cm³/mol. The molecule has 5 unspecified atom stereocenters. The molecule has 0 aromatic rings. The van der Waals surface area contributed by atoms with Gasteiger partial charge in [0, 0.05) is 11.7 Å². The van der Waals surface area contributed by atoms with Gasteiger partial charge in [-0.1, -0.05) is 56.7 Å². The number of nitrogens with one attached hydrogen (secondary N) is 1. The molecule has 5 atom stereocenters. The third-order valence-corrected chi connectivity index (χ3v) is 5.47. The molecular weight excluding hydrogens is 254 g/mol. The fourth-order valence-electron chi connectivity index (χ4n) is 4.23. The summed E-state index contributed by atoms with van der Waals surface area (Å²) in [6.07, 6.45) is 22.7. The lowest BCUT2D eigenvalue weighted by molar-refractivity contribution is 0.164. The Morgan fingerprint density at radius 1 is 1.05 bits per heavy atom. The van der Waals surface area contributed by atoms with Gasteiger partial charge in [-0.05, 0) is 55.4 Å². The summed E-state index contributed by atoms with van der Waals surface area (Å²) in [6.45, 7) is 4.79. The van der Waals surface area contributed by atoms with Crippen molar-refractivity contribution in [2.24, 2.45) is 23.7 Å². The smallest absolute Gasteiger partial charge is 0.0298 e. The van der Waals surface area contributed by atoms with Crippen molar-refractivity contribution in [3.63, 3.8) is 0 Å². The minimum atomic E-state index is 0.631. The van der Waals surface area contributed by atoms with Crippen LogP contribution in [0.5, 0.6) is 0 Å². The highest BCUT2D eigenvalue weighted by atomic mass is 14.9. The van der Waals surface area contributed by atoms with Crippen LogP contribution < -0.4 is 5.32 Å². The lowest BCUT2D eigenvalue weighted by atomic mass is 9.68. The summed E-state index contributed by atoms with van der Waals surface area (Å²) >= 11 is 0. The molecule has 3 aliphatic rings. The standard InChI is InChI=1S/C20H29N/c1-15-12-13-19(18-11-7-6-8-16(18)2)20(14-15)21-17-9-4-3-5-10-17/h4,6-11,15-16,18-21H,3,5,12-14H2,1-2H3. The van der Waals surface area contributed by atoms with Crippen molar-refractivity contribution in [2.75, 3.05) is 0 Å². The Bertz CT molecular complexity index is 468. The number of hydrogen-bond acceptors (Lipinski definition) is 1. The normalized spacial score (nSPS) is 39.1. The van der Waals surface area contributed by atoms with E-state index in [0.717, 1.165) is 11.8 Å². The van der Waals surface area contributed by atoms with Crippen LogP contribution in [-0.4, -0.2) is 6.04 Å². The highest BCUT2D eigenvalue weighted by Gasteiger charge is 2.35. The Labute approximate surface area is 129 Å². The van der Waals surface area contributed by atoms with E-state index in [4.69, 9.17) is 0 Å². The molecule has 1 heteroatoms. The first kappa shape index (κ1) is 14.7. The van der Waals surface area contributed by atoms with Crippen LogP contribution in [0.15, 0.2) is 48.2 Å². The van der Waals surface area contributed by atoms with Crippen LogP contribution in [-0.2, 0) is 0 Å². The molecule has 1 saturated carbocycles. The zero-order valence-corrected chi connectivity index (χ0v) is 13.5. The third kappa shape index (κ3) is 3.51. The monoisotopic (exact) mass is 283 g/mol. The first-order valence-electron chi connectivity index (χ1n) is 8.72. The van der Waals surface area contributed by atoms with Gasteiger partial charge in [0.05, 0.1) is 0 Å². The summed E-state index contributed by atoms with van der Waals surface area (Å²) in [7, 11) is 0. The predicted octanol–water partition coefficient (Wildman–Crippen LogP) is 4.99. The molecule has 0 heterocycles. The van der Waals surface area contributed by atoms with Crippen LogP contribution in [0.4, 0.5) is 0 Å². The van der Waals surface area contributed by atoms with Gasteiger partial charge in [0.2, 0.25) is 0 Å². The average Bonchev–Trinajstić information content (AvgIpc) is 2.50. The number of hydrogen-bond donors (Lipinski definition) is 1.